The van der Waals surface area contributed by atoms with Gasteiger partial charge in [0, 0.05) is 6.04 Å². The minimum atomic E-state index is -0.178. The van der Waals surface area contributed by atoms with Crippen LogP contribution < -0.4 is 5.32 Å². The van der Waals surface area contributed by atoms with E-state index in [2.05, 4.69) is 31.0 Å². The predicted molar refractivity (Wildman–Crippen MR) is 80.0 cm³/mol. The van der Waals surface area contributed by atoms with E-state index in [0.29, 0.717) is 6.04 Å². The van der Waals surface area contributed by atoms with Crippen molar-refractivity contribution in [3.05, 3.63) is 35.9 Å². The SMILES string of the molecule is CC1NC(c2ccccc2)C(=O)N1C1CCCC1(C)C. The van der Waals surface area contributed by atoms with E-state index in [1.807, 2.05) is 30.3 Å². The molecular formula is C17H24N2O. The second-order valence-corrected chi connectivity index (χ2v) is 6.83. The summed E-state index contributed by atoms with van der Waals surface area (Å²) in [4.78, 5) is 15.0. The average molecular weight is 272 g/mol. The van der Waals surface area contributed by atoms with Gasteiger partial charge >= 0.3 is 0 Å². The zero-order valence-corrected chi connectivity index (χ0v) is 12.6. The summed E-state index contributed by atoms with van der Waals surface area (Å²) in [5.41, 5.74) is 1.31. The van der Waals surface area contributed by atoms with Gasteiger partial charge in [-0.1, -0.05) is 50.6 Å². The van der Waals surface area contributed by atoms with Crippen LogP contribution in [0.1, 0.15) is 51.6 Å². The summed E-state index contributed by atoms with van der Waals surface area (Å²) < 4.78 is 0. The molecule has 2 aliphatic rings. The molecule has 0 spiro atoms. The van der Waals surface area contributed by atoms with E-state index in [0.717, 1.165) is 12.0 Å². The molecular weight excluding hydrogens is 248 g/mol. The van der Waals surface area contributed by atoms with Crippen LogP contribution in [0.2, 0.25) is 0 Å². The first-order chi connectivity index (χ1) is 9.50. The van der Waals surface area contributed by atoms with Gasteiger partial charge in [-0.2, -0.15) is 0 Å². The van der Waals surface area contributed by atoms with E-state index in [1.165, 1.54) is 12.8 Å². The molecule has 1 saturated carbocycles. The van der Waals surface area contributed by atoms with Gasteiger partial charge in [0.15, 0.2) is 0 Å². The van der Waals surface area contributed by atoms with Gasteiger partial charge < -0.3 is 4.90 Å². The number of nitrogens with zero attached hydrogens (tertiary/aromatic N) is 1. The van der Waals surface area contributed by atoms with Crippen molar-refractivity contribution in [3.8, 4) is 0 Å². The van der Waals surface area contributed by atoms with Gasteiger partial charge in [0.1, 0.15) is 6.04 Å². The van der Waals surface area contributed by atoms with Crippen molar-refractivity contribution in [3.63, 3.8) is 0 Å². The third kappa shape index (κ3) is 2.14. The normalized spacial score (nSPS) is 32.9. The Labute approximate surface area is 121 Å². The van der Waals surface area contributed by atoms with Crippen LogP contribution in [0.3, 0.4) is 0 Å². The quantitative estimate of drug-likeness (QED) is 0.897. The molecule has 1 heterocycles. The first kappa shape index (κ1) is 13.6. The molecule has 1 aliphatic carbocycles. The lowest BCUT2D eigenvalue weighted by molar-refractivity contribution is -0.134. The van der Waals surface area contributed by atoms with Crippen LogP contribution in [0, 0.1) is 5.41 Å². The zero-order chi connectivity index (χ0) is 14.3. The summed E-state index contributed by atoms with van der Waals surface area (Å²) in [6, 6.07) is 10.2. The molecule has 1 amide bonds. The Morgan fingerprint density at radius 3 is 2.55 bits per heavy atom. The largest absolute Gasteiger partial charge is 0.322 e. The highest BCUT2D eigenvalue weighted by Gasteiger charge is 2.47. The van der Waals surface area contributed by atoms with E-state index >= 15 is 0 Å². The third-order valence-corrected chi connectivity index (χ3v) is 5.00. The first-order valence-electron chi connectivity index (χ1n) is 7.64. The zero-order valence-electron chi connectivity index (χ0n) is 12.6. The second kappa shape index (κ2) is 4.88. The number of amides is 1. The lowest BCUT2D eigenvalue weighted by Gasteiger charge is -2.37. The molecule has 3 rings (SSSR count). The minimum absolute atomic E-state index is 0.120. The molecule has 1 aromatic carbocycles. The van der Waals surface area contributed by atoms with Crippen LogP contribution in [0.4, 0.5) is 0 Å². The number of hydrogen-bond donors (Lipinski definition) is 1. The van der Waals surface area contributed by atoms with Crippen LogP contribution in [-0.2, 0) is 4.79 Å². The van der Waals surface area contributed by atoms with Crippen molar-refractivity contribution in [2.45, 2.75) is 58.3 Å². The van der Waals surface area contributed by atoms with Crippen molar-refractivity contribution < 1.29 is 4.79 Å². The molecule has 1 N–H and O–H groups in total. The summed E-state index contributed by atoms with van der Waals surface area (Å²) in [7, 11) is 0. The van der Waals surface area contributed by atoms with Crippen LogP contribution >= 0.6 is 0 Å². The molecule has 3 nitrogen and oxygen atoms in total. The Kier molecular flexibility index (Phi) is 3.33. The van der Waals surface area contributed by atoms with Crippen molar-refractivity contribution >= 4 is 5.91 Å². The number of nitrogens with one attached hydrogen (secondary N) is 1. The highest BCUT2D eigenvalue weighted by molar-refractivity contribution is 5.86. The fourth-order valence-corrected chi connectivity index (χ4v) is 3.86. The smallest absolute Gasteiger partial charge is 0.245 e. The number of carbonyl (C=O) groups is 1. The summed E-state index contributed by atoms with van der Waals surface area (Å²) >= 11 is 0. The maximum atomic E-state index is 12.9. The molecule has 1 saturated heterocycles. The Morgan fingerprint density at radius 1 is 1.25 bits per heavy atom. The van der Waals surface area contributed by atoms with Crippen LogP contribution in [-0.4, -0.2) is 23.0 Å². The number of rotatable bonds is 2. The lowest BCUT2D eigenvalue weighted by Crippen LogP contribution is -2.47. The van der Waals surface area contributed by atoms with Crippen molar-refractivity contribution in [2.24, 2.45) is 5.41 Å². The standard InChI is InChI=1S/C17H24N2O/c1-12-18-15(13-8-5-4-6-9-13)16(20)19(12)14-10-7-11-17(14,2)3/h4-6,8-9,12,14-15,18H,7,10-11H2,1-3H3. The molecule has 0 aromatic heterocycles. The highest BCUT2D eigenvalue weighted by Crippen LogP contribution is 2.43. The van der Waals surface area contributed by atoms with Crippen LogP contribution in [0.15, 0.2) is 30.3 Å². The maximum Gasteiger partial charge on any atom is 0.245 e. The van der Waals surface area contributed by atoms with E-state index < -0.39 is 0 Å². The first-order valence-corrected chi connectivity index (χ1v) is 7.64. The van der Waals surface area contributed by atoms with E-state index in [9.17, 15) is 4.79 Å². The number of benzene rings is 1. The fourth-order valence-electron chi connectivity index (χ4n) is 3.86. The fraction of sp³-hybridized carbons (Fsp3) is 0.588. The van der Waals surface area contributed by atoms with Gasteiger partial charge in [-0.05, 0) is 30.7 Å². The van der Waals surface area contributed by atoms with Gasteiger partial charge in [0.25, 0.3) is 0 Å². The Bertz CT molecular complexity index is 497. The molecule has 2 fully saturated rings. The number of hydrogen-bond acceptors (Lipinski definition) is 2. The van der Waals surface area contributed by atoms with Gasteiger partial charge in [-0.25, -0.2) is 0 Å². The molecule has 3 atom stereocenters. The van der Waals surface area contributed by atoms with E-state index in [1.54, 1.807) is 0 Å². The van der Waals surface area contributed by atoms with Crippen molar-refractivity contribution in [2.75, 3.05) is 0 Å². The molecule has 20 heavy (non-hydrogen) atoms. The topological polar surface area (TPSA) is 32.3 Å². The highest BCUT2D eigenvalue weighted by atomic mass is 16.2. The van der Waals surface area contributed by atoms with Crippen LogP contribution in [0.25, 0.3) is 0 Å². The van der Waals surface area contributed by atoms with Crippen molar-refractivity contribution in [1.82, 2.24) is 10.2 Å². The Hall–Kier alpha value is -1.35. The van der Waals surface area contributed by atoms with Crippen LogP contribution in [0.5, 0.6) is 0 Å². The Morgan fingerprint density at radius 2 is 1.95 bits per heavy atom. The Balaban J connectivity index is 1.86. The predicted octanol–water partition coefficient (Wildman–Crippen LogP) is 3.08. The molecule has 3 unspecified atom stereocenters. The van der Waals surface area contributed by atoms with Gasteiger partial charge in [0.2, 0.25) is 5.91 Å². The van der Waals surface area contributed by atoms with E-state index in [4.69, 9.17) is 0 Å². The summed E-state index contributed by atoms with van der Waals surface area (Å²) in [5.74, 6) is 0.240. The minimum Gasteiger partial charge on any atom is -0.322 e. The molecule has 1 aromatic rings. The van der Waals surface area contributed by atoms with E-state index in [-0.39, 0.29) is 23.5 Å². The molecule has 108 valence electrons. The second-order valence-electron chi connectivity index (χ2n) is 6.83. The van der Waals surface area contributed by atoms with Gasteiger partial charge in [-0.3, -0.25) is 10.1 Å². The average Bonchev–Trinajstić information content (AvgIpc) is 2.90. The number of carbonyl (C=O) groups excluding carboxylic acids is 1. The maximum absolute atomic E-state index is 12.9. The summed E-state index contributed by atoms with van der Waals surface area (Å²) in [5, 5.41) is 3.46. The van der Waals surface area contributed by atoms with Gasteiger partial charge in [0.05, 0.1) is 6.17 Å². The summed E-state index contributed by atoms with van der Waals surface area (Å²) in [6.07, 6.45) is 3.69. The third-order valence-electron chi connectivity index (χ3n) is 5.00. The molecule has 0 bridgehead atoms. The molecule has 1 aliphatic heterocycles. The molecule has 3 heteroatoms. The lowest BCUT2D eigenvalue weighted by atomic mass is 9.86. The monoisotopic (exact) mass is 272 g/mol. The van der Waals surface area contributed by atoms with Gasteiger partial charge in [-0.15, -0.1) is 0 Å². The summed E-state index contributed by atoms with van der Waals surface area (Å²) in [6.45, 7) is 6.69. The van der Waals surface area contributed by atoms with Crippen molar-refractivity contribution in [1.29, 1.82) is 0 Å². The molecule has 0 radical (unpaired) electrons.